The van der Waals surface area contributed by atoms with E-state index in [2.05, 4.69) is 11.3 Å². The van der Waals surface area contributed by atoms with E-state index >= 15 is 0 Å². The Balaban J connectivity index is 1.64. The molecule has 3 aliphatic rings. The van der Waals surface area contributed by atoms with Crippen LogP contribution in [0.5, 0.6) is 5.75 Å². The van der Waals surface area contributed by atoms with Gasteiger partial charge < -0.3 is 14.5 Å². The summed E-state index contributed by atoms with van der Waals surface area (Å²) in [5, 5.41) is 0. The van der Waals surface area contributed by atoms with E-state index in [1.165, 1.54) is 0 Å². The van der Waals surface area contributed by atoms with Crippen LogP contribution in [0.4, 0.5) is 0 Å². The molecule has 4 rings (SSSR count). The number of rotatable bonds is 6. The summed E-state index contributed by atoms with van der Waals surface area (Å²) in [6, 6.07) is 7.71. The second-order valence-electron chi connectivity index (χ2n) is 7.68. The number of carbonyl (C=O) groups is 1. The maximum absolute atomic E-state index is 13.6. The number of fused-ring (bicyclic) bond motifs is 1. The van der Waals surface area contributed by atoms with Gasteiger partial charge in [0.2, 0.25) is 0 Å². The molecule has 8 heteroatoms. The highest BCUT2D eigenvalue weighted by atomic mass is 32.2. The first-order valence-electron chi connectivity index (χ1n) is 9.80. The standard InChI is InChI=1S/C21H25N3O4S/c1-15(17-7-8-17)24(14-16-5-9-18(28-2)10-6-16)21(25)19-4-3-11-23-12-13-29(26,27)22-20(19)23/h3-6,9-11,15,17H,7-8,12-14H2,1-2H3. The van der Waals surface area contributed by atoms with Gasteiger partial charge in [-0.3, -0.25) is 4.79 Å². The van der Waals surface area contributed by atoms with Gasteiger partial charge in [0.05, 0.1) is 18.4 Å². The lowest BCUT2D eigenvalue weighted by Gasteiger charge is -2.34. The van der Waals surface area contributed by atoms with Gasteiger partial charge in [-0.1, -0.05) is 12.1 Å². The fourth-order valence-corrected chi connectivity index (χ4v) is 4.68. The Morgan fingerprint density at radius 1 is 1.31 bits per heavy atom. The fourth-order valence-electron chi connectivity index (χ4n) is 3.70. The van der Waals surface area contributed by atoms with E-state index in [1.807, 2.05) is 29.2 Å². The van der Waals surface area contributed by atoms with E-state index in [0.717, 1.165) is 24.2 Å². The lowest BCUT2D eigenvalue weighted by molar-refractivity contribution is -0.129. The molecular weight excluding hydrogens is 390 g/mol. The number of methoxy groups -OCH3 is 1. The van der Waals surface area contributed by atoms with E-state index in [4.69, 9.17) is 4.74 Å². The van der Waals surface area contributed by atoms with E-state index in [9.17, 15) is 13.2 Å². The van der Waals surface area contributed by atoms with Crippen molar-refractivity contribution < 1.29 is 17.9 Å². The third-order valence-corrected chi connectivity index (χ3v) is 6.81. The fraction of sp³-hybridized carbons (Fsp3) is 0.429. The molecule has 1 atom stereocenters. The highest BCUT2D eigenvalue weighted by Gasteiger charge is 2.38. The van der Waals surface area contributed by atoms with Crippen molar-refractivity contribution in [3.8, 4) is 5.75 Å². The molecule has 2 heterocycles. The number of amidine groups is 1. The van der Waals surface area contributed by atoms with Gasteiger partial charge in [0.25, 0.3) is 15.9 Å². The van der Waals surface area contributed by atoms with Crippen molar-refractivity contribution in [2.24, 2.45) is 10.3 Å². The molecular formula is C21H25N3O4S. The highest BCUT2D eigenvalue weighted by molar-refractivity contribution is 7.90. The highest BCUT2D eigenvalue weighted by Crippen LogP contribution is 2.36. The SMILES string of the molecule is COc1ccc(CN(C(=O)C2=CC=CN3CCS(=O)(=O)N=C23)C(C)C2CC2)cc1. The van der Waals surface area contributed by atoms with Gasteiger partial charge in [-0.15, -0.1) is 4.40 Å². The molecule has 1 amide bonds. The molecule has 1 fully saturated rings. The first-order valence-corrected chi connectivity index (χ1v) is 11.4. The third-order valence-electron chi connectivity index (χ3n) is 5.66. The number of nitrogens with zero attached hydrogens (tertiary/aromatic N) is 3. The Morgan fingerprint density at radius 3 is 2.69 bits per heavy atom. The van der Waals surface area contributed by atoms with Crippen molar-refractivity contribution in [3.05, 3.63) is 53.8 Å². The normalized spacial score (nSPS) is 21.0. The van der Waals surface area contributed by atoms with Crippen LogP contribution in [0, 0.1) is 5.92 Å². The molecule has 1 aliphatic carbocycles. The van der Waals surface area contributed by atoms with Crippen molar-refractivity contribution in [1.29, 1.82) is 0 Å². The quantitative estimate of drug-likeness (QED) is 0.712. The number of ether oxygens (including phenoxy) is 1. The molecule has 1 unspecified atom stereocenters. The van der Waals surface area contributed by atoms with Crippen molar-refractivity contribution in [2.45, 2.75) is 32.4 Å². The molecule has 7 nitrogen and oxygen atoms in total. The maximum atomic E-state index is 13.6. The summed E-state index contributed by atoms with van der Waals surface area (Å²) in [6.07, 6.45) is 7.42. The lowest BCUT2D eigenvalue weighted by atomic mass is 10.1. The first kappa shape index (κ1) is 19.7. The van der Waals surface area contributed by atoms with Gasteiger partial charge in [0.1, 0.15) is 5.75 Å². The molecule has 0 saturated heterocycles. The van der Waals surface area contributed by atoms with Crippen LogP contribution in [0.15, 0.2) is 52.6 Å². The van der Waals surface area contributed by atoms with Crippen LogP contribution in [0.2, 0.25) is 0 Å². The number of hydrogen-bond donors (Lipinski definition) is 0. The zero-order chi connectivity index (χ0) is 20.6. The van der Waals surface area contributed by atoms with Crippen LogP contribution in [-0.4, -0.2) is 55.4 Å². The summed E-state index contributed by atoms with van der Waals surface area (Å²) in [4.78, 5) is 17.1. The second kappa shape index (κ2) is 7.67. The molecule has 1 saturated carbocycles. The molecule has 0 radical (unpaired) electrons. The number of carbonyl (C=O) groups excluding carboxylic acids is 1. The Labute approximate surface area is 171 Å². The van der Waals surface area contributed by atoms with Crippen molar-refractivity contribution in [2.75, 3.05) is 19.4 Å². The van der Waals surface area contributed by atoms with E-state index < -0.39 is 10.0 Å². The largest absolute Gasteiger partial charge is 0.497 e. The summed E-state index contributed by atoms with van der Waals surface area (Å²) in [5.41, 5.74) is 1.32. The Kier molecular flexibility index (Phi) is 5.21. The summed E-state index contributed by atoms with van der Waals surface area (Å²) in [7, 11) is -1.93. The monoisotopic (exact) mass is 415 g/mol. The average Bonchev–Trinajstić information content (AvgIpc) is 3.56. The molecule has 29 heavy (non-hydrogen) atoms. The third kappa shape index (κ3) is 4.22. The van der Waals surface area contributed by atoms with E-state index in [-0.39, 0.29) is 23.5 Å². The second-order valence-corrected chi connectivity index (χ2v) is 9.43. The topological polar surface area (TPSA) is 79.3 Å². The molecule has 0 N–H and O–H groups in total. The molecule has 0 aromatic heterocycles. The Morgan fingerprint density at radius 2 is 2.03 bits per heavy atom. The predicted molar refractivity (Wildman–Crippen MR) is 111 cm³/mol. The van der Waals surface area contributed by atoms with E-state index in [1.54, 1.807) is 30.4 Å². The minimum absolute atomic E-state index is 0.0453. The van der Waals surface area contributed by atoms with Crippen molar-refractivity contribution in [3.63, 3.8) is 0 Å². The van der Waals surface area contributed by atoms with Gasteiger partial charge in [0, 0.05) is 25.3 Å². The number of hydrogen-bond acceptors (Lipinski definition) is 5. The number of sulfonamides is 1. The van der Waals surface area contributed by atoms with Crippen LogP contribution < -0.4 is 4.74 Å². The zero-order valence-electron chi connectivity index (χ0n) is 16.6. The van der Waals surface area contributed by atoms with Crippen LogP contribution in [-0.2, 0) is 21.4 Å². The molecule has 1 aromatic carbocycles. The van der Waals surface area contributed by atoms with Crippen LogP contribution in [0.1, 0.15) is 25.3 Å². The predicted octanol–water partition coefficient (Wildman–Crippen LogP) is 2.32. The summed E-state index contributed by atoms with van der Waals surface area (Å²) in [5.74, 6) is 1.23. The number of benzene rings is 1. The minimum Gasteiger partial charge on any atom is -0.497 e. The van der Waals surface area contributed by atoms with Crippen molar-refractivity contribution in [1.82, 2.24) is 9.80 Å². The van der Waals surface area contributed by atoms with Gasteiger partial charge in [-0.05, 0) is 55.5 Å². The van der Waals surface area contributed by atoms with Gasteiger partial charge in [-0.2, -0.15) is 0 Å². The van der Waals surface area contributed by atoms with Crippen molar-refractivity contribution >= 4 is 21.8 Å². The summed E-state index contributed by atoms with van der Waals surface area (Å²) < 4.78 is 33.2. The number of amides is 1. The molecule has 2 aliphatic heterocycles. The summed E-state index contributed by atoms with van der Waals surface area (Å²) in [6.45, 7) is 2.82. The molecule has 0 spiro atoms. The van der Waals surface area contributed by atoms with Crippen LogP contribution in [0.3, 0.4) is 0 Å². The summed E-state index contributed by atoms with van der Waals surface area (Å²) >= 11 is 0. The van der Waals surface area contributed by atoms with Gasteiger partial charge >= 0.3 is 0 Å². The average molecular weight is 416 g/mol. The van der Waals surface area contributed by atoms with E-state index in [0.29, 0.717) is 24.6 Å². The molecule has 0 bridgehead atoms. The Bertz CT molecular complexity index is 991. The zero-order valence-corrected chi connectivity index (χ0v) is 17.4. The number of allylic oxidation sites excluding steroid dienone is 2. The van der Waals surface area contributed by atoms with Crippen LogP contribution in [0.25, 0.3) is 0 Å². The minimum atomic E-state index is -3.55. The molecule has 1 aromatic rings. The lowest BCUT2D eigenvalue weighted by Crippen LogP contribution is -2.46. The van der Waals surface area contributed by atoms with Gasteiger partial charge in [-0.25, -0.2) is 8.42 Å². The maximum Gasteiger partial charge on any atom is 0.258 e. The molecule has 154 valence electrons. The Hall–Kier alpha value is -2.61. The van der Waals surface area contributed by atoms with Gasteiger partial charge in [0.15, 0.2) is 5.84 Å². The van der Waals surface area contributed by atoms with Crippen LogP contribution >= 0.6 is 0 Å². The first-order chi connectivity index (χ1) is 13.9. The smallest absolute Gasteiger partial charge is 0.258 e.